The highest BCUT2D eigenvalue weighted by Crippen LogP contribution is 2.15. The van der Waals surface area contributed by atoms with E-state index < -0.39 is 34.0 Å². The van der Waals surface area contributed by atoms with E-state index in [4.69, 9.17) is 4.74 Å². The highest BCUT2D eigenvalue weighted by molar-refractivity contribution is 7.89. The molecule has 0 spiro atoms. The summed E-state index contributed by atoms with van der Waals surface area (Å²) in [5.74, 6) is -1.70. The van der Waals surface area contributed by atoms with Gasteiger partial charge in [0.05, 0.1) is 10.5 Å². The van der Waals surface area contributed by atoms with Gasteiger partial charge in [-0.2, -0.15) is 0 Å². The maximum Gasteiger partial charge on any atom is 0.338 e. The third-order valence-corrected chi connectivity index (χ3v) is 5.79. The van der Waals surface area contributed by atoms with Crippen molar-refractivity contribution >= 4 is 39.3 Å². The van der Waals surface area contributed by atoms with E-state index in [1.54, 1.807) is 6.07 Å². The fourth-order valence-electron chi connectivity index (χ4n) is 2.01. The van der Waals surface area contributed by atoms with Crippen LogP contribution in [0.3, 0.4) is 0 Å². The Kier molecular flexibility index (Phi) is 7.26. The maximum atomic E-state index is 12.4. The summed E-state index contributed by atoms with van der Waals surface area (Å²) < 4.78 is 32.3. The molecule has 1 aromatic carbocycles. The van der Waals surface area contributed by atoms with E-state index in [2.05, 4.69) is 10.0 Å². The Morgan fingerprint density at radius 2 is 1.93 bits per heavy atom. The first-order valence-corrected chi connectivity index (χ1v) is 10.4. The Labute approximate surface area is 166 Å². The monoisotopic (exact) mass is 425 g/mol. The SMILES string of the molecule is CNC(=O)NC(=O)C(C)OC(=O)c1cccc(S(=O)(=O)NCc2cccs2)c1. The third-order valence-electron chi connectivity index (χ3n) is 3.51. The van der Waals surface area contributed by atoms with Crippen molar-refractivity contribution in [3.8, 4) is 0 Å². The molecule has 3 amide bonds. The van der Waals surface area contributed by atoms with E-state index >= 15 is 0 Å². The molecule has 0 aliphatic heterocycles. The molecule has 0 aliphatic rings. The zero-order chi connectivity index (χ0) is 20.7. The molecule has 3 N–H and O–H groups in total. The number of benzene rings is 1. The van der Waals surface area contributed by atoms with Gasteiger partial charge >= 0.3 is 12.0 Å². The minimum absolute atomic E-state index is 0.0430. The molecule has 2 aromatic rings. The Balaban J connectivity index is 2.05. The third kappa shape index (κ3) is 5.87. The number of carbonyl (C=O) groups excluding carboxylic acids is 3. The highest BCUT2D eigenvalue weighted by atomic mass is 32.2. The predicted octanol–water partition coefficient (Wildman–Crippen LogP) is 1.23. The molecule has 0 saturated heterocycles. The van der Waals surface area contributed by atoms with Crippen LogP contribution in [0.25, 0.3) is 0 Å². The minimum Gasteiger partial charge on any atom is -0.449 e. The molecular weight excluding hydrogens is 406 g/mol. The Morgan fingerprint density at radius 3 is 2.57 bits per heavy atom. The fourth-order valence-corrected chi connectivity index (χ4v) is 3.80. The van der Waals surface area contributed by atoms with E-state index in [1.165, 1.54) is 43.5 Å². The number of carbonyl (C=O) groups is 3. The molecule has 150 valence electrons. The first-order chi connectivity index (χ1) is 13.2. The van der Waals surface area contributed by atoms with Gasteiger partial charge in [0, 0.05) is 18.5 Å². The lowest BCUT2D eigenvalue weighted by molar-refractivity contribution is -0.127. The van der Waals surface area contributed by atoms with Gasteiger partial charge in [0.1, 0.15) is 0 Å². The van der Waals surface area contributed by atoms with Crippen molar-refractivity contribution < 1.29 is 27.5 Å². The molecule has 28 heavy (non-hydrogen) atoms. The quantitative estimate of drug-likeness (QED) is 0.572. The number of esters is 1. The molecule has 0 radical (unpaired) electrons. The molecule has 1 unspecified atom stereocenters. The van der Waals surface area contributed by atoms with E-state index in [9.17, 15) is 22.8 Å². The van der Waals surface area contributed by atoms with Crippen molar-refractivity contribution in [2.75, 3.05) is 7.05 Å². The van der Waals surface area contributed by atoms with E-state index in [0.29, 0.717) is 0 Å². The van der Waals surface area contributed by atoms with Crippen LogP contribution in [0.1, 0.15) is 22.2 Å². The average Bonchev–Trinajstić information content (AvgIpc) is 3.20. The number of thiophene rings is 1. The van der Waals surface area contributed by atoms with Gasteiger partial charge in [-0.1, -0.05) is 12.1 Å². The summed E-state index contributed by atoms with van der Waals surface area (Å²) in [7, 11) is -2.51. The summed E-state index contributed by atoms with van der Waals surface area (Å²) in [6.07, 6.45) is -1.25. The van der Waals surface area contributed by atoms with Gasteiger partial charge in [-0.25, -0.2) is 22.7 Å². The van der Waals surface area contributed by atoms with Crippen LogP contribution < -0.4 is 15.4 Å². The lowest BCUT2D eigenvalue weighted by atomic mass is 10.2. The van der Waals surface area contributed by atoms with Crippen LogP contribution in [-0.2, 0) is 26.1 Å². The summed E-state index contributed by atoms with van der Waals surface area (Å²) in [6.45, 7) is 1.42. The zero-order valence-electron chi connectivity index (χ0n) is 15.1. The smallest absolute Gasteiger partial charge is 0.338 e. The first kappa shape index (κ1) is 21.5. The number of hydrogen-bond acceptors (Lipinski definition) is 7. The van der Waals surface area contributed by atoms with Crippen LogP contribution in [0.5, 0.6) is 0 Å². The largest absolute Gasteiger partial charge is 0.449 e. The van der Waals surface area contributed by atoms with Gasteiger partial charge in [0.2, 0.25) is 10.0 Å². The normalized spacial score (nSPS) is 12.1. The lowest BCUT2D eigenvalue weighted by Gasteiger charge is -2.13. The van der Waals surface area contributed by atoms with Gasteiger partial charge in [0.25, 0.3) is 5.91 Å². The Hall–Kier alpha value is -2.76. The van der Waals surface area contributed by atoms with Crippen molar-refractivity contribution in [3.05, 3.63) is 52.2 Å². The molecule has 0 fully saturated rings. The van der Waals surface area contributed by atoms with Crippen molar-refractivity contribution in [1.82, 2.24) is 15.4 Å². The second-order valence-corrected chi connectivity index (χ2v) is 8.35. The van der Waals surface area contributed by atoms with Crippen LogP contribution in [-0.4, -0.2) is 39.5 Å². The Bertz CT molecular complexity index is 957. The molecule has 0 saturated carbocycles. The standard InChI is InChI=1S/C17H19N3O6S2/c1-11(15(21)20-17(23)18-2)26-16(22)12-5-3-7-14(9-12)28(24,25)19-10-13-6-4-8-27-13/h3-9,11,19H,10H2,1-2H3,(H2,18,20,21,23). The molecular formula is C17H19N3O6S2. The van der Waals surface area contributed by atoms with Crippen LogP contribution in [0.15, 0.2) is 46.7 Å². The van der Waals surface area contributed by atoms with E-state index in [-0.39, 0.29) is 17.0 Å². The Morgan fingerprint density at radius 1 is 1.18 bits per heavy atom. The lowest BCUT2D eigenvalue weighted by Crippen LogP contribution is -2.43. The number of imide groups is 1. The highest BCUT2D eigenvalue weighted by Gasteiger charge is 2.22. The molecule has 0 bridgehead atoms. The molecule has 9 nitrogen and oxygen atoms in total. The molecule has 2 rings (SSSR count). The number of ether oxygens (including phenoxy) is 1. The summed E-state index contributed by atoms with van der Waals surface area (Å²) in [6, 6.07) is 8.13. The fraction of sp³-hybridized carbons (Fsp3) is 0.235. The topological polar surface area (TPSA) is 131 Å². The van der Waals surface area contributed by atoms with Crippen LogP contribution in [0.2, 0.25) is 0 Å². The van der Waals surface area contributed by atoms with Crippen molar-refractivity contribution in [2.24, 2.45) is 0 Å². The number of urea groups is 1. The summed E-state index contributed by atoms with van der Waals surface area (Å²) in [5, 5.41) is 6.01. The molecule has 1 aromatic heterocycles. The predicted molar refractivity (Wildman–Crippen MR) is 102 cm³/mol. The number of rotatable bonds is 7. The minimum atomic E-state index is -3.84. The van der Waals surface area contributed by atoms with Crippen molar-refractivity contribution in [3.63, 3.8) is 0 Å². The second-order valence-electron chi connectivity index (χ2n) is 5.55. The molecule has 1 atom stereocenters. The van der Waals surface area contributed by atoms with Crippen LogP contribution >= 0.6 is 11.3 Å². The number of hydrogen-bond donors (Lipinski definition) is 3. The molecule has 0 aliphatic carbocycles. The number of nitrogens with one attached hydrogen (secondary N) is 3. The summed E-state index contributed by atoms with van der Waals surface area (Å²) in [4.78, 5) is 35.8. The molecule has 11 heteroatoms. The summed E-state index contributed by atoms with van der Waals surface area (Å²) >= 11 is 1.41. The first-order valence-electron chi connectivity index (χ1n) is 8.08. The maximum absolute atomic E-state index is 12.4. The van der Waals surface area contributed by atoms with Gasteiger partial charge in [0.15, 0.2) is 6.10 Å². The van der Waals surface area contributed by atoms with E-state index in [1.807, 2.05) is 16.8 Å². The van der Waals surface area contributed by atoms with Gasteiger partial charge < -0.3 is 10.1 Å². The van der Waals surface area contributed by atoms with Gasteiger partial charge in [-0.3, -0.25) is 10.1 Å². The number of amides is 3. The van der Waals surface area contributed by atoms with Crippen molar-refractivity contribution in [1.29, 1.82) is 0 Å². The summed E-state index contributed by atoms with van der Waals surface area (Å²) in [5.41, 5.74) is -0.0430. The van der Waals surface area contributed by atoms with Gasteiger partial charge in [-0.15, -0.1) is 11.3 Å². The van der Waals surface area contributed by atoms with Crippen LogP contribution in [0.4, 0.5) is 4.79 Å². The number of sulfonamides is 1. The van der Waals surface area contributed by atoms with Gasteiger partial charge in [-0.05, 0) is 36.6 Å². The van der Waals surface area contributed by atoms with E-state index in [0.717, 1.165) is 10.9 Å². The average molecular weight is 425 g/mol. The van der Waals surface area contributed by atoms with Crippen molar-refractivity contribution in [2.45, 2.75) is 24.5 Å². The zero-order valence-corrected chi connectivity index (χ0v) is 16.7. The van der Waals surface area contributed by atoms with Crippen LogP contribution in [0, 0.1) is 0 Å². The molecule has 1 heterocycles. The second kappa shape index (κ2) is 9.44.